The van der Waals surface area contributed by atoms with Crippen molar-refractivity contribution in [3.8, 4) is 0 Å². The molecule has 1 saturated heterocycles. The summed E-state index contributed by atoms with van der Waals surface area (Å²) >= 11 is 6.17. The van der Waals surface area contributed by atoms with Crippen LogP contribution in [-0.2, 0) is 0 Å². The molecule has 1 aromatic carbocycles. The molecule has 1 aliphatic carbocycles. The fourth-order valence-corrected chi connectivity index (χ4v) is 3.15. The van der Waals surface area contributed by atoms with Crippen LogP contribution >= 0.6 is 11.6 Å². The Labute approximate surface area is 124 Å². The summed E-state index contributed by atoms with van der Waals surface area (Å²) in [6.07, 6.45) is 4.96. The van der Waals surface area contributed by atoms with Gasteiger partial charge in [0.1, 0.15) is 0 Å². The quantitative estimate of drug-likeness (QED) is 0.875. The van der Waals surface area contributed by atoms with Gasteiger partial charge in [0.25, 0.3) is 0 Å². The number of hydrogen-bond donors (Lipinski definition) is 2. The van der Waals surface area contributed by atoms with Gasteiger partial charge in [0.05, 0.1) is 10.6 Å². The number of halogens is 1. The molecule has 3 N–H and O–H groups in total. The van der Waals surface area contributed by atoms with Gasteiger partial charge in [-0.05, 0) is 50.4 Å². The van der Waals surface area contributed by atoms with Gasteiger partial charge in [-0.3, -0.25) is 4.79 Å². The van der Waals surface area contributed by atoms with Crippen LogP contribution in [0.4, 0.5) is 5.69 Å². The molecule has 20 heavy (non-hydrogen) atoms. The van der Waals surface area contributed by atoms with E-state index in [1.54, 1.807) is 6.07 Å². The molecule has 1 unspecified atom stereocenters. The van der Waals surface area contributed by atoms with Crippen molar-refractivity contribution in [2.45, 2.75) is 37.8 Å². The Morgan fingerprint density at radius 2 is 2.20 bits per heavy atom. The molecule has 2 fully saturated rings. The highest BCUT2D eigenvalue weighted by atomic mass is 35.5. The SMILES string of the molecule is NC(=O)c1ccc(N(CC2CCCN2)C2CC2)cc1Cl. The van der Waals surface area contributed by atoms with Crippen molar-refractivity contribution in [1.29, 1.82) is 0 Å². The van der Waals surface area contributed by atoms with Crippen molar-refractivity contribution >= 4 is 23.2 Å². The Hall–Kier alpha value is -1.26. The maximum atomic E-state index is 11.2. The van der Waals surface area contributed by atoms with Crippen molar-refractivity contribution in [2.75, 3.05) is 18.0 Å². The van der Waals surface area contributed by atoms with Gasteiger partial charge in [-0.1, -0.05) is 11.6 Å². The number of primary amides is 1. The lowest BCUT2D eigenvalue weighted by Gasteiger charge is -2.28. The van der Waals surface area contributed by atoms with E-state index in [4.69, 9.17) is 17.3 Å². The molecule has 1 aliphatic heterocycles. The normalized spacial score (nSPS) is 21.9. The van der Waals surface area contributed by atoms with E-state index < -0.39 is 5.91 Å². The molecular formula is C15H20ClN3O. The summed E-state index contributed by atoms with van der Waals surface area (Å²) in [6, 6.07) is 6.74. The Bertz CT molecular complexity index is 510. The van der Waals surface area contributed by atoms with Crippen LogP contribution in [0.25, 0.3) is 0 Å². The van der Waals surface area contributed by atoms with E-state index in [9.17, 15) is 4.79 Å². The van der Waals surface area contributed by atoms with Crippen LogP contribution in [-0.4, -0.2) is 31.1 Å². The smallest absolute Gasteiger partial charge is 0.250 e. The zero-order valence-corrected chi connectivity index (χ0v) is 12.2. The summed E-state index contributed by atoms with van der Waals surface area (Å²) in [6.45, 7) is 2.13. The van der Waals surface area contributed by atoms with Gasteiger partial charge in [0, 0.05) is 24.3 Å². The summed E-state index contributed by atoms with van der Waals surface area (Å²) in [4.78, 5) is 13.7. The minimum absolute atomic E-state index is 0.394. The van der Waals surface area contributed by atoms with E-state index in [-0.39, 0.29) is 0 Å². The predicted molar refractivity (Wildman–Crippen MR) is 81.4 cm³/mol. The largest absolute Gasteiger partial charge is 0.367 e. The van der Waals surface area contributed by atoms with E-state index in [1.165, 1.54) is 25.7 Å². The highest BCUT2D eigenvalue weighted by molar-refractivity contribution is 6.34. The van der Waals surface area contributed by atoms with Gasteiger partial charge in [-0.2, -0.15) is 0 Å². The topological polar surface area (TPSA) is 58.4 Å². The number of carbonyl (C=O) groups excluding carboxylic acids is 1. The van der Waals surface area contributed by atoms with Gasteiger partial charge >= 0.3 is 0 Å². The van der Waals surface area contributed by atoms with Crippen molar-refractivity contribution < 1.29 is 4.79 Å². The number of carbonyl (C=O) groups is 1. The predicted octanol–water partition coefficient (Wildman–Crippen LogP) is 2.16. The maximum Gasteiger partial charge on any atom is 0.250 e. The minimum atomic E-state index is -0.475. The van der Waals surface area contributed by atoms with Gasteiger partial charge in [0.2, 0.25) is 5.91 Å². The third-order valence-electron chi connectivity index (χ3n) is 4.12. The summed E-state index contributed by atoms with van der Waals surface area (Å²) in [5.74, 6) is -0.475. The highest BCUT2D eigenvalue weighted by Gasteiger charge is 2.31. The molecule has 4 nitrogen and oxygen atoms in total. The second-order valence-electron chi connectivity index (χ2n) is 5.71. The van der Waals surface area contributed by atoms with E-state index in [2.05, 4.69) is 10.2 Å². The number of rotatable bonds is 5. The average Bonchev–Trinajstić information content (AvgIpc) is 3.12. The second-order valence-corrected chi connectivity index (χ2v) is 6.11. The first kappa shape index (κ1) is 13.7. The van der Waals surface area contributed by atoms with Gasteiger partial charge in [-0.15, -0.1) is 0 Å². The fourth-order valence-electron chi connectivity index (χ4n) is 2.88. The number of hydrogen-bond acceptors (Lipinski definition) is 3. The fraction of sp³-hybridized carbons (Fsp3) is 0.533. The zero-order chi connectivity index (χ0) is 14.1. The number of nitrogens with zero attached hydrogens (tertiary/aromatic N) is 1. The summed E-state index contributed by atoms with van der Waals surface area (Å²) in [5.41, 5.74) is 6.79. The third kappa shape index (κ3) is 2.91. The molecule has 0 spiro atoms. The maximum absolute atomic E-state index is 11.2. The van der Waals surface area contributed by atoms with Crippen LogP contribution in [0.2, 0.25) is 5.02 Å². The number of nitrogens with two attached hydrogens (primary N) is 1. The minimum Gasteiger partial charge on any atom is -0.367 e. The lowest BCUT2D eigenvalue weighted by atomic mass is 10.1. The molecule has 1 amide bonds. The van der Waals surface area contributed by atoms with Crippen LogP contribution in [0.15, 0.2) is 18.2 Å². The van der Waals surface area contributed by atoms with Crippen molar-refractivity contribution in [3.63, 3.8) is 0 Å². The van der Waals surface area contributed by atoms with Crippen LogP contribution in [0.3, 0.4) is 0 Å². The van der Waals surface area contributed by atoms with Crippen molar-refractivity contribution in [2.24, 2.45) is 5.73 Å². The van der Waals surface area contributed by atoms with Gasteiger partial charge in [-0.25, -0.2) is 0 Å². The van der Waals surface area contributed by atoms with Crippen LogP contribution < -0.4 is 16.0 Å². The summed E-state index contributed by atoms with van der Waals surface area (Å²) in [7, 11) is 0. The lowest BCUT2D eigenvalue weighted by molar-refractivity contribution is 0.100. The summed E-state index contributed by atoms with van der Waals surface area (Å²) in [5, 5.41) is 3.98. The molecule has 1 aromatic rings. The molecular weight excluding hydrogens is 274 g/mol. The van der Waals surface area contributed by atoms with Crippen molar-refractivity contribution in [1.82, 2.24) is 5.32 Å². The molecule has 0 radical (unpaired) electrons. The average molecular weight is 294 g/mol. The van der Waals surface area contributed by atoms with E-state index in [0.717, 1.165) is 18.8 Å². The Balaban J connectivity index is 1.80. The number of amides is 1. The van der Waals surface area contributed by atoms with Crippen LogP contribution in [0, 0.1) is 0 Å². The first-order valence-electron chi connectivity index (χ1n) is 7.24. The van der Waals surface area contributed by atoms with Gasteiger partial charge in [0.15, 0.2) is 0 Å². The molecule has 1 atom stereocenters. The molecule has 0 aromatic heterocycles. The van der Waals surface area contributed by atoms with Gasteiger partial charge < -0.3 is 16.0 Å². The Kier molecular flexibility index (Phi) is 3.85. The molecule has 1 saturated carbocycles. The highest BCUT2D eigenvalue weighted by Crippen LogP contribution is 2.34. The molecule has 2 aliphatic rings. The third-order valence-corrected chi connectivity index (χ3v) is 4.43. The number of benzene rings is 1. The van der Waals surface area contributed by atoms with Crippen LogP contribution in [0.5, 0.6) is 0 Å². The molecule has 0 bridgehead atoms. The van der Waals surface area contributed by atoms with Crippen molar-refractivity contribution in [3.05, 3.63) is 28.8 Å². The first-order chi connectivity index (χ1) is 9.65. The molecule has 3 rings (SSSR count). The number of nitrogens with one attached hydrogen (secondary N) is 1. The summed E-state index contributed by atoms with van der Waals surface area (Å²) < 4.78 is 0. The molecule has 108 valence electrons. The monoisotopic (exact) mass is 293 g/mol. The first-order valence-corrected chi connectivity index (χ1v) is 7.62. The lowest BCUT2D eigenvalue weighted by Crippen LogP contribution is -2.39. The second kappa shape index (κ2) is 5.62. The molecule has 1 heterocycles. The number of anilines is 1. The van der Waals surface area contributed by atoms with E-state index in [1.807, 2.05) is 12.1 Å². The zero-order valence-electron chi connectivity index (χ0n) is 11.4. The van der Waals surface area contributed by atoms with E-state index in [0.29, 0.717) is 22.7 Å². The standard InChI is InChI=1S/C15H20ClN3O/c16-14-8-12(5-6-13(14)15(17)20)19(11-3-4-11)9-10-2-1-7-18-10/h5-6,8,10-11,18H,1-4,7,9H2,(H2,17,20). The Morgan fingerprint density at radius 3 is 2.75 bits per heavy atom. The Morgan fingerprint density at radius 1 is 1.40 bits per heavy atom. The van der Waals surface area contributed by atoms with E-state index >= 15 is 0 Å². The van der Waals surface area contributed by atoms with Crippen LogP contribution in [0.1, 0.15) is 36.0 Å². The molecule has 5 heteroatoms.